The molecule has 1 heterocycles. The molecule has 0 aliphatic carbocycles. The molecule has 1 aromatic heterocycles. The van der Waals surface area contributed by atoms with Crippen LogP contribution in [0.2, 0.25) is 0 Å². The molecule has 0 atom stereocenters. The zero-order valence-corrected chi connectivity index (χ0v) is 12.1. The summed E-state index contributed by atoms with van der Waals surface area (Å²) < 4.78 is 54.1. The van der Waals surface area contributed by atoms with Crippen LogP contribution < -0.4 is 0 Å². The van der Waals surface area contributed by atoms with Crippen LogP contribution >= 0.6 is 0 Å². The summed E-state index contributed by atoms with van der Waals surface area (Å²) in [6, 6.07) is 10.2. The van der Waals surface area contributed by atoms with Gasteiger partial charge in [0.25, 0.3) is 0 Å². The van der Waals surface area contributed by atoms with Gasteiger partial charge in [0.15, 0.2) is 0 Å². The first-order valence-corrected chi connectivity index (χ1v) is 6.94. The fourth-order valence-electron chi connectivity index (χ4n) is 2.70. The number of hydrogen-bond acceptors (Lipinski definition) is 1. The lowest BCUT2D eigenvalue weighted by Crippen LogP contribution is -2.15. The van der Waals surface area contributed by atoms with E-state index < -0.39 is 30.1 Å². The Morgan fingerprint density at radius 2 is 1.79 bits per heavy atom. The molecule has 24 heavy (non-hydrogen) atoms. The molecule has 0 saturated carbocycles. The molecular formula is C17H11F4NO2. The summed E-state index contributed by atoms with van der Waals surface area (Å²) in [4.78, 5) is 11.4. The average molecular weight is 337 g/mol. The Balaban J connectivity index is 2.19. The van der Waals surface area contributed by atoms with Crippen LogP contribution in [-0.2, 0) is 12.7 Å². The predicted molar refractivity (Wildman–Crippen MR) is 79.4 cm³/mol. The molecule has 0 aliphatic rings. The van der Waals surface area contributed by atoms with E-state index in [9.17, 15) is 27.5 Å². The lowest BCUT2D eigenvalue weighted by Gasteiger charge is -2.15. The Morgan fingerprint density at radius 3 is 2.46 bits per heavy atom. The van der Waals surface area contributed by atoms with Gasteiger partial charge in [-0.15, -0.1) is 0 Å². The zero-order chi connectivity index (χ0) is 17.5. The van der Waals surface area contributed by atoms with Crippen LogP contribution in [0.5, 0.6) is 0 Å². The third kappa shape index (κ3) is 2.84. The highest BCUT2D eigenvalue weighted by atomic mass is 19.4. The van der Waals surface area contributed by atoms with Gasteiger partial charge in [-0.05, 0) is 35.9 Å². The van der Waals surface area contributed by atoms with Crippen LogP contribution in [0.1, 0.15) is 21.6 Å². The maximum atomic E-state index is 13.4. The van der Waals surface area contributed by atoms with Crippen molar-refractivity contribution in [3.63, 3.8) is 0 Å². The minimum Gasteiger partial charge on any atom is -0.477 e. The molecule has 0 saturated heterocycles. The average Bonchev–Trinajstić information content (AvgIpc) is 2.85. The van der Waals surface area contributed by atoms with Gasteiger partial charge in [-0.1, -0.05) is 18.2 Å². The summed E-state index contributed by atoms with van der Waals surface area (Å²) in [5.41, 5.74) is -1.01. The number of carboxylic acids is 1. The van der Waals surface area contributed by atoms with Crippen LogP contribution in [-0.4, -0.2) is 15.6 Å². The normalized spacial score (nSPS) is 11.8. The first-order valence-electron chi connectivity index (χ1n) is 6.94. The van der Waals surface area contributed by atoms with Crippen LogP contribution in [0.25, 0.3) is 10.9 Å². The van der Waals surface area contributed by atoms with E-state index in [-0.39, 0.29) is 11.3 Å². The molecule has 1 N–H and O–H groups in total. The largest absolute Gasteiger partial charge is 0.477 e. The van der Waals surface area contributed by atoms with Gasteiger partial charge in [-0.2, -0.15) is 13.2 Å². The first kappa shape index (κ1) is 16.0. The van der Waals surface area contributed by atoms with Gasteiger partial charge < -0.3 is 9.67 Å². The first-order chi connectivity index (χ1) is 11.3. The topological polar surface area (TPSA) is 42.2 Å². The Bertz CT molecular complexity index is 928. The van der Waals surface area contributed by atoms with Crippen molar-refractivity contribution in [2.24, 2.45) is 0 Å². The molecule has 0 unspecified atom stereocenters. The highest BCUT2D eigenvalue weighted by Gasteiger charge is 2.33. The molecule has 0 spiro atoms. The summed E-state index contributed by atoms with van der Waals surface area (Å²) in [6.07, 6.45) is -4.66. The molecule has 0 fully saturated rings. The number of halogens is 4. The van der Waals surface area contributed by atoms with Crippen LogP contribution in [0.3, 0.4) is 0 Å². The second-order valence-corrected chi connectivity index (χ2v) is 5.28. The monoisotopic (exact) mass is 337 g/mol. The van der Waals surface area contributed by atoms with Gasteiger partial charge in [-0.25, -0.2) is 9.18 Å². The number of fused-ring (bicyclic) bond motifs is 1. The predicted octanol–water partition coefficient (Wildman–Crippen LogP) is 4.55. The number of rotatable bonds is 3. The fourth-order valence-corrected chi connectivity index (χ4v) is 2.70. The third-order valence-electron chi connectivity index (χ3n) is 3.73. The molecule has 3 nitrogen and oxygen atoms in total. The minimum absolute atomic E-state index is 0.159. The molecule has 0 amide bonds. The van der Waals surface area contributed by atoms with Crippen LogP contribution in [0, 0.1) is 5.82 Å². The van der Waals surface area contributed by atoms with Crippen molar-refractivity contribution in [2.45, 2.75) is 12.7 Å². The van der Waals surface area contributed by atoms with Crippen LogP contribution in [0.15, 0.2) is 48.5 Å². The lowest BCUT2D eigenvalue weighted by atomic mass is 10.1. The van der Waals surface area contributed by atoms with Crippen molar-refractivity contribution in [1.82, 2.24) is 4.57 Å². The summed E-state index contributed by atoms with van der Waals surface area (Å²) in [5.74, 6) is -2.08. The standard InChI is InChI=1S/C17H11F4NO2/c18-12-5-6-13(17(19,20)21)11(7-12)9-22-14-4-2-1-3-10(14)8-15(22)16(23)24/h1-8H,9H2,(H,23,24). The van der Waals surface area contributed by atoms with E-state index >= 15 is 0 Å². The van der Waals surface area contributed by atoms with Gasteiger partial charge >= 0.3 is 12.1 Å². The van der Waals surface area contributed by atoms with Gasteiger partial charge in [-0.3, -0.25) is 0 Å². The minimum atomic E-state index is -4.66. The number of hydrogen-bond donors (Lipinski definition) is 1. The molecule has 7 heteroatoms. The number of carbonyl (C=O) groups is 1. The number of para-hydroxylation sites is 1. The van der Waals surface area contributed by atoms with Crippen molar-refractivity contribution in [2.75, 3.05) is 0 Å². The van der Waals surface area contributed by atoms with Crippen LogP contribution in [0.4, 0.5) is 17.6 Å². The quantitative estimate of drug-likeness (QED) is 0.713. The Morgan fingerprint density at radius 1 is 1.08 bits per heavy atom. The summed E-state index contributed by atoms with van der Waals surface area (Å²) in [6.45, 7) is -0.401. The molecule has 2 aromatic carbocycles. The van der Waals surface area contributed by atoms with E-state index in [4.69, 9.17) is 0 Å². The van der Waals surface area contributed by atoms with E-state index in [1.54, 1.807) is 24.3 Å². The molecular weight excluding hydrogens is 326 g/mol. The number of aromatic nitrogens is 1. The van der Waals surface area contributed by atoms with Gasteiger partial charge in [0.2, 0.25) is 0 Å². The summed E-state index contributed by atoms with van der Waals surface area (Å²) in [5, 5.41) is 9.89. The summed E-state index contributed by atoms with van der Waals surface area (Å²) in [7, 11) is 0. The third-order valence-corrected chi connectivity index (χ3v) is 3.73. The summed E-state index contributed by atoms with van der Waals surface area (Å²) >= 11 is 0. The maximum Gasteiger partial charge on any atom is 0.416 e. The van der Waals surface area contributed by atoms with E-state index in [0.717, 1.165) is 12.1 Å². The van der Waals surface area contributed by atoms with E-state index in [1.807, 2.05) is 0 Å². The van der Waals surface area contributed by atoms with E-state index in [0.29, 0.717) is 17.0 Å². The number of alkyl halides is 3. The number of nitrogens with zero attached hydrogens (tertiary/aromatic N) is 1. The van der Waals surface area contributed by atoms with Crippen molar-refractivity contribution in [1.29, 1.82) is 0 Å². The SMILES string of the molecule is O=C(O)c1cc2ccccc2n1Cc1cc(F)ccc1C(F)(F)F. The van der Waals surface area contributed by atoms with Gasteiger partial charge in [0, 0.05) is 17.4 Å². The molecule has 0 bridgehead atoms. The Kier molecular flexibility index (Phi) is 3.79. The molecule has 0 aliphatic heterocycles. The van der Waals surface area contributed by atoms with E-state index in [2.05, 4.69) is 0 Å². The maximum absolute atomic E-state index is 13.4. The smallest absolute Gasteiger partial charge is 0.416 e. The highest BCUT2D eigenvalue weighted by molar-refractivity contribution is 5.94. The Hall–Kier alpha value is -2.83. The van der Waals surface area contributed by atoms with E-state index in [1.165, 1.54) is 10.6 Å². The number of aromatic carboxylic acids is 1. The molecule has 3 rings (SSSR count). The Labute approximate surface area is 133 Å². The number of carboxylic acid groups (broad SMARTS) is 1. The second-order valence-electron chi connectivity index (χ2n) is 5.28. The zero-order valence-electron chi connectivity index (χ0n) is 12.1. The van der Waals surface area contributed by atoms with Crippen molar-refractivity contribution < 1.29 is 27.5 Å². The van der Waals surface area contributed by atoms with Gasteiger partial charge in [0.1, 0.15) is 11.5 Å². The highest BCUT2D eigenvalue weighted by Crippen LogP contribution is 2.33. The lowest BCUT2D eigenvalue weighted by molar-refractivity contribution is -0.138. The fraction of sp³-hybridized carbons (Fsp3) is 0.118. The van der Waals surface area contributed by atoms with Crippen molar-refractivity contribution in [3.05, 3.63) is 71.2 Å². The van der Waals surface area contributed by atoms with Crippen molar-refractivity contribution in [3.8, 4) is 0 Å². The molecule has 0 radical (unpaired) electrons. The van der Waals surface area contributed by atoms with Crippen molar-refractivity contribution >= 4 is 16.9 Å². The number of benzene rings is 2. The molecule has 3 aromatic rings. The molecule has 124 valence electrons. The second kappa shape index (κ2) is 5.67. The van der Waals surface area contributed by atoms with Gasteiger partial charge in [0.05, 0.1) is 5.56 Å².